The predicted octanol–water partition coefficient (Wildman–Crippen LogP) is 0.780. The van der Waals surface area contributed by atoms with Gasteiger partial charge in [0.25, 0.3) is 0 Å². The monoisotopic (exact) mass is 413 g/mol. The summed E-state index contributed by atoms with van der Waals surface area (Å²) in [5.41, 5.74) is 0. The molecule has 1 unspecified atom stereocenters. The lowest BCUT2D eigenvalue weighted by Crippen LogP contribution is -2.47. The molecule has 1 atom stereocenters. The highest BCUT2D eigenvalue weighted by atomic mass is 32.2. The molecule has 1 aromatic heterocycles. The first kappa shape index (κ1) is 20.6. The first-order valence-electron chi connectivity index (χ1n) is 9.72. The maximum atomic E-state index is 11.5. The second-order valence-electron chi connectivity index (χ2n) is 7.15. The van der Waals surface area contributed by atoms with E-state index >= 15 is 0 Å². The highest BCUT2D eigenvalue weighted by molar-refractivity contribution is 7.91. The number of hydrogen-bond donors (Lipinski definition) is 2. The Balaban J connectivity index is 1.44. The molecule has 0 aliphatic carbocycles. The van der Waals surface area contributed by atoms with Crippen LogP contribution >= 0.6 is 11.3 Å². The predicted molar refractivity (Wildman–Crippen MR) is 112 cm³/mol. The molecule has 3 rings (SSSR count). The van der Waals surface area contributed by atoms with E-state index in [2.05, 4.69) is 42.9 Å². The quantitative estimate of drug-likeness (QED) is 0.508. The maximum Gasteiger partial charge on any atom is 0.191 e. The number of hydrogen-bond acceptors (Lipinski definition) is 6. The van der Waals surface area contributed by atoms with Crippen molar-refractivity contribution in [2.75, 3.05) is 64.4 Å². The summed E-state index contributed by atoms with van der Waals surface area (Å²) in [7, 11) is -1.02. The molecule has 3 heterocycles. The van der Waals surface area contributed by atoms with E-state index in [9.17, 15) is 8.42 Å². The standard InChI is InChI=1S/C18H31N5O2S2/c1-19-18(20-6-9-22-10-13-27(24,25)14-11-22)21-15-16(17-5-4-12-26-17)23-7-2-3-8-23/h4-5,12,16H,2-3,6-11,13-15H2,1H3,(H2,19,20,21). The van der Waals surface area contributed by atoms with Crippen LogP contribution in [0.2, 0.25) is 0 Å². The summed E-state index contributed by atoms with van der Waals surface area (Å²) >= 11 is 1.82. The zero-order valence-electron chi connectivity index (χ0n) is 16.1. The van der Waals surface area contributed by atoms with E-state index in [1.807, 2.05) is 11.3 Å². The van der Waals surface area contributed by atoms with Crippen molar-refractivity contribution in [1.82, 2.24) is 20.4 Å². The number of sulfone groups is 1. The second kappa shape index (κ2) is 9.86. The summed E-state index contributed by atoms with van der Waals surface area (Å²) in [6.07, 6.45) is 2.56. The van der Waals surface area contributed by atoms with Crippen LogP contribution in [-0.4, -0.2) is 88.5 Å². The Morgan fingerprint density at radius 2 is 1.96 bits per heavy atom. The Labute approximate surface area is 166 Å². The van der Waals surface area contributed by atoms with Crippen LogP contribution in [0.25, 0.3) is 0 Å². The van der Waals surface area contributed by atoms with Crippen molar-refractivity contribution in [1.29, 1.82) is 0 Å². The smallest absolute Gasteiger partial charge is 0.191 e. The van der Waals surface area contributed by atoms with Crippen LogP contribution in [0.15, 0.2) is 22.5 Å². The fourth-order valence-electron chi connectivity index (χ4n) is 3.66. The van der Waals surface area contributed by atoms with Crippen LogP contribution in [0.4, 0.5) is 0 Å². The molecule has 0 bridgehead atoms. The molecular formula is C18H31N5O2S2. The van der Waals surface area contributed by atoms with Gasteiger partial charge in [0.15, 0.2) is 15.8 Å². The third kappa shape index (κ3) is 6.17. The van der Waals surface area contributed by atoms with E-state index in [1.165, 1.54) is 17.7 Å². The van der Waals surface area contributed by atoms with Crippen molar-refractivity contribution in [3.63, 3.8) is 0 Å². The topological polar surface area (TPSA) is 77.0 Å². The highest BCUT2D eigenvalue weighted by Crippen LogP contribution is 2.27. The number of aliphatic imine (C=N–C) groups is 1. The fraction of sp³-hybridized carbons (Fsp3) is 0.722. The molecule has 2 aliphatic rings. The minimum atomic E-state index is -2.81. The number of guanidine groups is 1. The molecule has 152 valence electrons. The number of rotatable bonds is 7. The largest absolute Gasteiger partial charge is 0.355 e. The Bertz CT molecular complexity index is 685. The summed E-state index contributed by atoms with van der Waals surface area (Å²) < 4.78 is 23.0. The summed E-state index contributed by atoms with van der Waals surface area (Å²) in [5, 5.41) is 8.98. The number of nitrogens with one attached hydrogen (secondary N) is 2. The van der Waals surface area contributed by atoms with Gasteiger partial charge in [-0.1, -0.05) is 6.07 Å². The van der Waals surface area contributed by atoms with E-state index in [0.717, 1.165) is 38.7 Å². The van der Waals surface area contributed by atoms with Gasteiger partial charge in [0, 0.05) is 44.6 Å². The average Bonchev–Trinajstić information content (AvgIpc) is 3.36. The molecule has 2 saturated heterocycles. The average molecular weight is 414 g/mol. The molecule has 7 nitrogen and oxygen atoms in total. The summed E-state index contributed by atoms with van der Waals surface area (Å²) in [6, 6.07) is 4.73. The molecule has 1 aromatic rings. The van der Waals surface area contributed by atoms with Crippen molar-refractivity contribution in [2.24, 2.45) is 4.99 Å². The lowest BCUT2D eigenvalue weighted by molar-refractivity contribution is 0.248. The molecule has 27 heavy (non-hydrogen) atoms. The zero-order chi connectivity index (χ0) is 19.1. The molecule has 0 radical (unpaired) electrons. The Morgan fingerprint density at radius 1 is 1.22 bits per heavy atom. The van der Waals surface area contributed by atoms with Gasteiger partial charge in [-0.15, -0.1) is 11.3 Å². The molecule has 2 aliphatic heterocycles. The molecule has 0 saturated carbocycles. The first-order valence-corrected chi connectivity index (χ1v) is 12.4. The number of likely N-dealkylation sites (tertiary alicyclic amines) is 1. The van der Waals surface area contributed by atoms with Gasteiger partial charge in [0.05, 0.1) is 17.5 Å². The van der Waals surface area contributed by atoms with Gasteiger partial charge < -0.3 is 10.6 Å². The van der Waals surface area contributed by atoms with Crippen molar-refractivity contribution < 1.29 is 8.42 Å². The fourth-order valence-corrected chi connectivity index (χ4v) is 5.80. The van der Waals surface area contributed by atoms with Gasteiger partial charge in [-0.2, -0.15) is 0 Å². The van der Waals surface area contributed by atoms with Crippen LogP contribution in [-0.2, 0) is 9.84 Å². The van der Waals surface area contributed by atoms with Crippen LogP contribution in [0.5, 0.6) is 0 Å². The van der Waals surface area contributed by atoms with Crippen molar-refractivity contribution in [3.05, 3.63) is 22.4 Å². The summed E-state index contributed by atoms with van der Waals surface area (Å²) in [5.74, 6) is 1.36. The van der Waals surface area contributed by atoms with Gasteiger partial charge >= 0.3 is 0 Å². The Morgan fingerprint density at radius 3 is 2.59 bits per heavy atom. The van der Waals surface area contributed by atoms with Crippen LogP contribution in [0.3, 0.4) is 0 Å². The normalized spacial score (nSPS) is 22.6. The lowest BCUT2D eigenvalue weighted by atomic mass is 10.2. The Kier molecular flexibility index (Phi) is 7.51. The molecule has 0 spiro atoms. The van der Waals surface area contributed by atoms with Crippen LogP contribution in [0, 0.1) is 0 Å². The zero-order valence-corrected chi connectivity index (χ0v) is 17.7. The first-order chi connectivity index (χ1) is 13.1. The van der Waals surface area contributed by atoms with E-state index in [1.54, 1.807) is 7.05 Å². The van der Waals surface area contributed by atoms with E-state index in [-0.39, 0.29) is 11.5 Å². The van der Waals surface area contributed by atoms with Gasteiger partial charge in [-0.3, -0.25) is 14.8 Å². The van der Waals surface area contributed by atoms with E-state index in [4.69, 9.17) is 0 Å². The minimum Gasteiger partial charge on any atom is -0.355 e. The SMILES string of the molecule is CN=C(NCCN1CCS(=O)(=O)CC1)NCC(c1cccs1)N1CCCC1. The number of nitrogens with zero attached hydrogens (tertiary/aromatic N) is 3. The van der Waals surface area contributed by atoms with Crippen LogP contribution < -0.4 is 10.6 Å². The molecule has 0 amide bonds. The maximum absolute atomic E-state index is 11.5. The second-order valence-corrected chi connectivity index (χ2v) is 10.4. The van der Waals surface area contributed by atoms with Gasteiger partial charge in [0.2, 0.25) is 0 Å². The third-order valence-electron chi connectivity index (χ3n) is 5.30. The van der Waals surface area contributed by atoms with Crippen molar-refractivity contribution in [3.8, 4) is 0 Å². The number of thiophene rings is 1. The molecule has 9 heteroatoms. The third-order valence-corrected chi connectivity index (χ3v) is 7.88. The molecule has 2 fully saturated rings. The van der Waals surface area contributed by atoms with Crippen LogP contribution in [0.1, 0.15) is 23.8 Å². The molecular weight excluding hydrogens is 382 g/mol. The molecule has 0 aromatic carbocycles. The highest BCUT2D eigenvalue weighted by Gasteiger charge is 2.24. The molecule has 2 N–H and O–H groups in total. The van der Waals surface area contributed by atoms with Gasteiger partial charge in [-0.25, -0.2) is 8.42 Å². The van der Waals surface area contributed by atoms with Crippen molar-refractivity contribution in [2.45, 2.75) is 18.9 Å². The van der Waals surface area contributed by atoms with E-state index < -0.39 is 9.84 Å². The van der Waals surface area contributed by atoms with Gasteiger partial charge in [-0.05, 0) is 37.4 Å². The summed E-state index contributed by atoms with van der Waals surface area (Å²) in [4.78, 5) is 10.5. The van der Waals surface area contributed by atoms with Crippen molar-refractivity contribution >= 4 is 27.1 Å². The summed E-state index contributed by atoms with van der Waals surface area (Å²) in [6.45, 7) is 6.01. The lowest BCUT2D eigenvalue weighted by Gasteiger charge is -2.28. The van der Waals surface area contributed by atoms with E-state index in [0.29, 0.717) is 19.1 Å². The minimum absolute atomic E-state index is 0.276. The van der Waals surface area contributed by atoms with Gasteiger partial charge in [0.1, 0.15) is 0 Å². The Hall–Kier alpha value is -1.16.